The first kappa shape index (κ1) is 21.0. The minimum Gasteiger partial charge on any atom is -0.472 e. The number of aryl methyl sites for hydroxylation is 1. The third kappa shape index (κ3) is 4.73. The Bertz CT molecular complexity index is 847. The lowest BCUT2D eigenvalue weighted by Crippen LogP contribution is -2.49. The highest BCUT2D eigenvalue weighted by Gasteiger charge is 2.42. The van der Waals surface area contributed by atoms with E-state index in [0.717, 1.165) is 30.8 Å². The van der Waals surface area contributed by atoms with E-state index < -0.39 is 6.04 Å². The van der Waals surface area contributed by atoms with E-state index >= 15 is 0 Å². The number of piperidine rings is 1. The molecule has 160 valence electrons. The SMILES string of the molecule is Cc1ccc(C(=O)N2C(C(=O)NCCN3CCCCC3)CSC2c2ccoc2)cc1. The van der Waals surface area contributed by atoms with E-state index in [2.05, 4.69) is 10.2 Å². The minimum atomic E-state index is -0.495. The van der Waals surface area contributed by atoms with Gasteiger partial charge in [-0.15, -0.1) is 11.8 Å². The summed E-state index contributed by atoms with van der Waals surface area (Å²) in [5.74, 6) is 0.372. The first-order valence-corrected chi connectivity index (χ1v) is 11.7. The van der Waals surface area contributed by atoms with Gasteiger partial charge in [0.05, 0.1) is 12.5 Å². The summed E-state index contributed by atoms with van der Waals surface area (Å²) < 4.78 is 5.25. The number of amides is 2. The van der Waals surface area contributed by atoms with Gasteiger partial charge in [-0.05, 0) is 51.1 Å². The molecule has 0 bridgehead atoms. The standard InChI is InChI=1S/C23H29N3O3S/c1-17-5-7-18(8-6-17)22(28)26-20(16-30-23(26)19-9-14-29-15-19)21(27)24-10-13-25-11-3-2-4-12-25/h5-9,14-15,20,23H,2-4,10-13,16H2,1H3,(H,24,27). The summed E-state index contributed by atoms with van der Waals surface area (Å²) in [4.78, 5) is 30.6. The summed E-state index contributed by atoms with van der Waals surface area (Å²) in [6.45, 7) is 5.68. The second-order valence-electron chi connectivity index (χ2n) is 8.03. The number of hydrogen-bond acceptors (Lipinski definition) is 5. The summed E-state index contributed by atoms with van der Waals surface area (Å²) in [6.07, 6.45) is 7.03. The molecule has 2 unspecified atom stereocenters. The Hall–Kier alpha value is -2.25. The average Bonchev–Trinajstić information content (AvgIpc) is 3.44. The van der Waals surface area contributed by atoms with E-state index in [0.29, 0.717) is 17.9 Å². The van der Waals surface area contributed by atoms with Gasteiger partial charge >= 0.3 is 0 Å². The van der Waals surface area contributed by atoms with Gasteiger partial charge in [-0.1, -0.05) is 24.1 Å². The van der Waals surface area contributed by atoms with Gasteiger partial charge in [0.15, 0.2) is 0 Å². The number of carbonyl (C=O) groups excluding carboxylic acids is 2. The topological polar surface area (TPSA) is 65.8 Å². The lowest BCUT2D eigenvalue weighted by molar-refractivity contribution is -0.124. The van der Waals surface area contributed by atoms with Crippen molar-refractivity contribution in [2.45, 2.75) is 37.6 Å². The second kappa shape index (κ2) is 9.71. The van der Waals surface area contributed by atoms with Gasteiger partial charge in [0.1, 0.15) is 11.4 Å². The van der Waals surface area contributed by atoms with Gasteiger partial charge in [0.25, 0.3) is 5.91 Å². The molecule has 2 fully saturated rings. The van der Waals surface area contributed by atoms with Crippen LogP contribution in [0.4, 0.5) is 0 Å². The molecule has 0 radical (unpaired) electrons. The molecule has 4 rings (SSSR count). The van der Waals surface area contributed by atoms with Gasteiger partial charge in [-0.3, -0.25) is 9.59 Å². The monoisotopic (exact) mass is 427 g/mol. The van der Waals surface area contributed by atoms with Crippen LogP contribution in [0.3, 0.4) is 0 Å². The highest BCUT2D eigenvalue weighted by molar-refractivity contribution is 7.99. The molecule has 1 N–H and O–H groups in total. The number of benzene rings is 1. The molecule has 2 atom stereocenters. The molecule has 1 aromatic carbocycles. The van der Waals surface area contributed by atoms with Crippen LogP contribution in [-0.4, -0.2) is 59.6 Å². The van der Waals surface area contributed by atoms with Crippen LogP contribution in [0.1, 0.15) is 46.1 Å². The smallest absolute Gasteiger partial charge is 0.255 e. The lowest BCUT2D eigenvalue weighted by atomic mass is 10.1. The molecular weight excluding hydrogens is 398 g/mol. The summed E-state index contributed by atoms with van der Waals surface area (Å²) in [5.41, 5.74) is 2.60. The fourth-order valence-electron chi connectivity index (χ4n) is 4.11. The molecule has 1 aromatic heterocycles. The normalized spacial score (nSPS) is 22.2. The van der Waals surface area contributed by atoms with E-state index in [1.54, 1.807) is 29.2 Å². The van der Waals surface area contributed by atoms with Gasteiger partial charge in [-0.2, -0.15) is 0 Å². The Labute approximate surface area is 182 Å². The summed E-state index contributed by atoms with van der Waals surface area (Å²) in [6, 6.07) is 8.89. The fraction of sp³-hybridized carbons (Fsp3) is 0.478. The number of rotatable bonds is 6. The number of nitrogens with one attached hydrogen (secondary N) is 1. The largest absolute Gasteiger partial charge is 0.472 e. The zero-order chi connectivity index (χ0) is 20.9. The van der Waals surface area contributed by atoms with Crippen LogP contribution in [-0.2, 0) is 4.79 Å². The van der Waals surface area contributed by atoms with Crippen molar-refractivity contribution >= 4 is 23.6 Å². The number of furan rings is 1. The molecule has 7 heteroatoms. The van der Waals surface area contributed by atoms with Crippen molar-refractivity contribution in [3.05, 3.63) is 59.5 Å². The van der Waals surface area contributed by atoms with E-state index in [1.165, 1.54) is 19.3 Å². The highest BCUT2D eigenvalue weighted by atomic mass is 32.2. The molecule has 6 nitrogen and oxygen atoms in total. The quantitative estimate of drug-likeness (QED) is 0.765. The predicted molar refractivity (Wildman–Crippen MR) is 118 cm³/mol. The van der Waals surface area contributed by atoms with Crippen molar-refractivity contribution in [1.29, 1.82) is 0 Å². The van der Waals surface area contributed by atoms with Crippen LogP contribution in [0.15, 0.2) is 47.3 Å². The molecule has 2 amide bonds. The zero-order valence-electron chi connectivity index (χ0n) is 17.4. The van der Waals surface area contributed by atoms with Crippen molar-refractivity contribution in [1.82, 2.24) is 15.1 Å². The molecule has 2 aliphatic rings. The maximum atomic E-state index is 13.4. The van der Waals surface area contributed by atoms with Crippen molar-refractivity contribution in [3.63, 3.8) is 0 Å². The number of nitrogens with zero attached hydrogens (tertiary/aromatic N) is 2. The Morgan fingerprint density at radius 3 is 2.60 bits per heavy atom. The lowest BCUT2D eigenvalue weighted by Gasteiger charge is -2.29. The van der Waals surface area contributed by atoms with Crippen molar-refractivity contribution in [2.75, 3.05) is 31.9 Å². The summed E-state index contributed by atoms with van der Waals surface area (Å²) in [7, 11) is 0. The minimum absolute atomic E-state index is 0.0778. The second-order valence-corrected chi connectivity index (χ2v) is 9.14. The number of thioether (sulfide) groups is 1. The number of likely N-dealkylation sites (tertiary alicyclic amines) is 1. The van der Waals surface area contributed by atoms with Crippen LogP contribution >= 0.6 is 11.8 Å². The predicted octanol–water partition coefficient (Wildman–Crippen LogP) is 3.45. The van der Waals surface area contributed by atoms with E-state index in [9.17, 15) is 9.59 Å². The molecule has 2 aromatic rings. The first-order valence-electron chi connectivity index (χ1n) is 10.7. The summed E-state index contributed by atoms with van der Waals surface area (Å²) >= 11 is 1.61. The van der Waals surface area contributed by atoms with Crippen molar-refractivity contribution < 1.29 is 14.0 Å². The molecule has 2 saturated heterocycles. The fourth-order valence-corrected chi connectivity index (χ4v) is 5.52. The van der Waals surface area contributed by atoms with E-state index in [4.69, 9.17) is 4.42 Å². The van der Waals surface area contributed by atoms with Crippen LogP contribution in [0.5, 0.6) is 0 Å². The first-order chi connectivity index (χ1) is 14.6. The van der Waals surface area contributed by atoms with Crippen LogP contribution in [0, 0.1) is 6.92 Å². The van der Waals surface area contributed by atoms with Gasteiger partial charge in [0.2, 0.25) is 5.91 Å². The van der Waals surface area contributed by atoms with Gasteiger partial charge in [0, 0.05) is 30.0 Å². The van der Waals surface area contributed by atoms with E-state index in [1.807, 2.05) is 37.3 Å². The van der Waals surface area contributed by atoms with Crippen molar-refractivity contribution in [3.8, 4) is 0 Å². The highest BCUT2D eigenvalue weighted by Crippen LogP contribution is 2.42. The maximum Gasteiger partial charge on any atom is 0.255 e. The van der Waals surface area contributed by atoms with Crippen LogP contribution in [0.2, 0.25) is 0 Å². The molecule has 0 saturated carbocycles. The maximum absolute atomic E-state index is 13.4. The third-order valence-corrected chi connectivity index (χ3v) is 7.16. The van der Waals surface area contributed by atoms with Crippen LogP contribution < -0.4 is 5.32 Å². The number of hydrogen-bond donors (Lipinski definition) is 1. The van der Waals surface area contributed by atoms with Gasteiger partial charge < -0.3 is 19.5 Å². The summed E-state index contributed by atoms with van der Waals surface area (Å²) in [5, 5.41) is 2.85. The Morgan fingerprint density at radius 2 is 1.90 bits per heavy atom. The molecule has 30 heavy (non-hydrogen) atoms. The molecule has 3 heterocycles. The zero-order valence-corrected chi connectivity index (χ0v) is 18.2. The Morgan fingerprint density at radius 1 is 1.13 bits per heavy atom. The Kier molecular flexibility index (Phi) is 6.79. The van der Waals surface area contributed by atoms with Crippen LogP contribution in [0.25, 0.3) is 0 Å². The molecule has 0 aliphatic carbocycles. The average molecular weight is 428 g/mol. The third-order valence-electron chi connectivity index (χ3n) is 5.84. The van der Waals surface area contributed by atoms with E-state index in [-0.39, 0.29) is 17.2 Å². The number of carbonyl (C=O) groups is 2. The molecule has 2 aliphatic heterocycles. The van der Waals surface area contributed by atoms with Gasteiger partial charge in [-0.25, -0.2) is 0 Å². The Balaban J connectivity index is 1.46. The van der Waals surface area contributed by atoms with Crippen molar-refractivity contribution in [2.24, 2.45) is 0 Å². The molecule has 0 spiro atoms. The molecular formula is C23H29N3O3S.